The highest BCUT2D eigenvalue weighted by molar-refractivity contribution is 6.09. The summed E-state index contributed by atoms with van der Waals surface area (Å²) in [4.78, 5) is 31.2. The van der Waals surface area contributed by atoms with E-state index < -0.39 is 5.92 Å². The van der Waals surface area contributed by atoms with Crippen molar-refractivity contribution in [2.75, 3.05) is 19.0 Å². The lowest BCUT2D eigenvalue weighted by Crippen LogP contribution is -2.37. The van der Waals surface area contributed by atoms with Crippen molar-refractivity contribution >= 4 is 17.5 Å². The number of rotatable bonds is 6. The van der Waals surface area contributed by atoms with Crippen molar-refractivity contribution in [3.63, 3.8) is 0 Å². The van der Waals surface area contributed by atoms with Crippen LogP contribution in [0.2, 0.25) is 0 Å². The fourth-order valence-electron chi connectivity index (χ4n) is 4.70. The number of benzene rings is 1. The summed E-state index contributed by atoms with van der Waals surface area (Å²) in [5.41, 5.74) is 4.41. The summed E-state index contributed by atoms with van der Waals surface area (Å²) in [6.45, 7) is 5.95. The minimum Gasteiger partial charge on any atom is -0.493 e. The molecule has 0 saturated carbocycles. The lowest BCUT2D eigenvalue weighted by molar-refractivity contribution is -0.117. The van der Waals surface area contributed by atoms with Crippen molar-refractivity contribution in [3.05, 3.63) is 70.2 Å². The maximum atomic E-state index is 13.6. The Morgan fingerprint density at radius 2 is 2.03 bits per heavy atom. The average Bonchev–Trinajstić information content (AvgIpc) is 2.82. The second kappa shape index (κ2) is 10.1. The lowest BCUT2D eigenvalue weighted by Gasteiger charge is -2.36. The van der Waals surface area contributed by atoms with Crippen molar-refractivity contribution in [3.8, 4) is 23.8 Å². The Bertz CT molecular complexity index is 1270. The van der Waals surface area contributed by atoms with Gasteiger partial charge in [0.1, 0.15) is 12.4 Å². The van der Waals surface area contributed by atoms with Crippen LogP contribution < -0.4 is 20.1 Å². The smallest absolute Gasteiger partial charge is 0.255 e. The van der Waals surface area contributed by atoms with E-state index in [9.17, 15) is 9.59 Å². The van der Waals surface area contributed by atoms with E-state index in [4.69, 9.17) is 15.9 Å². The summed E-state index contributed by atoms with van der Waals surface area (Å²) < 4.78 is 11.1. The zero-order chi connectivity index (χ0) is 25.1. The molecule has 0 saturated heterocycles. The number of carbonyl (C=O) groups excluding carboxylic acids is 2. The predicted molar refractivity (Wildman–Crippen MR) is 134 cm³/mol. The molecule has 2 atom stereocenters. The van der Waals surface area contributed by atoms with Crippen LogP contribution in [0.15, 0.2) is 59.1 Å². The third kappa shape index (κ3) is 4.92. The molecule has 0 fully saturated rings. The number of aryl methyl sites for hydroxylation is 1. The van der Waals surface area contributed by atoms with E-state index in [-0.39, 0.29) is 24.2 Å². The summed E-state index contributed by atoms with van der Waals surface area (Å²) >= 11 is 0. The van der Waals surface area contributed by atoms with Crippen LogP contribution in [0.1, 0.15) is 43.7 Å². The Morgan fingerprint density at radius 3 is 2.71 bits per heavy atom. The quantitative estimate of drug-likeness (QED) is 0.612. The molecule has 2 aromatic rings. The van der Waals surface area contributed by atoms with E-state index >= 15 is 0 Å². The molecule has 2 heterocycles. The number of ether oxygens (including phenoxy) is 2. The predicted octanol–water partition coefficient (Wildman–Crippen LogP) is 4.26. The normalized spacial score (nSPS) is 19.5. The van der Waals surface area contributed by atoms with Gasteiger partial charge in [0.05, 0.1) is 7.11 Å². The summed E-state index contributed by atoms with van der Waals surface area (Å²) in [5, 5.41) is 6.25. The molecule has 180 valence electrons. The number of carbonyl (C=O) groups is 2. The number of nitrogens with zero attached hydrogens (tertiary/aromatic N) is 1. The molecule has 0 bridgehead atoms. The Balaban J connectivity index is 1.80. The van der Waals surface area contributed by atoms with Crippen molar-refractivity contribution in [1.29, 1.82) is 0 Å². The molecule has 35 heavy (non-hydrogen) atoms. The largest absolute Gasteiger partial charge is 0.493 e. The summed E-state index contributed by atoms with van der Waals surface area (Å²) in [6.07, 6.45) is 8.20. The van der Waals surface area contributed by atoms with Gasteiger partial charge in [0.2, 0.25) is 0 Å². The topological polar surface area (TPSA) is 89.5 Å². The monoisotopic (exact) mass is 471 g/mol. The first-order valence-corrected chi connectivity index (χ1v) is 11.5. The van der Waals surface area contributed by atoms with Gasteiger partial charge in [0.15, 0.2) is 17.3 Å². The van der Waals surface area contributed by atoms with E-state index in [0.29, 0.717) is 40.6 Å². The first-order valence-electron chi connectivity index (χ1n) is 11.5. The number of methoxy groups -OCH3 is 1. The highest BCUT2D eigenvalue weighted by Gasteiger charge is 2.40. The molecule has 1 aliphatic heterocycles. The molecule has 4 rings (SSSR count). The zero-order valence-corrected chi connectivity index (χ0v) is 20.4. The Hall–Kier alpha value is -4.05. The summed E-state index contributed by atoms with van der Waals surface area (Å²) in [6, 6.07) is 9.06. The number of pyridine rings is 1. The first-order chi connectivity index (χ1) is 16.8. The number of dihydropyridines is 1. The maximum absolute atomic E-state index is 13.6. The molecule has 1 aliphatic carbocycles. The number of anilines is 1. The third-order valence-electron chi connectivity index (χ3n) is 6.26. The molecule has 0 unspecified atom stereocenters. The van der Waals surface area contributed by atoms with E-state index in [1.54, 1.807) is 25.4 Å². The second-order valence-corrected chi connectivity index (χ2v) is 9.00. The van der Waals surface area contributed by atoms with Crippen LogP contribution in [0.25, 0.3) is 0 Å². The van der Waals surface area contributed by atoms with Gasteiger partial charge in [-0.2, -0.15) is 0 Å². The molecule has 1 aromatic carbocycles. The Morgan fingerprint density at radius 1 is 1.23 bits per heavy atom. The molecular weight excluding hydrogens is 442 g/mol. The van der Waals surface area contributed by atoms with Crippen LogP contribution in [-0.2, 0) is 9.59 Å². The van der Waals surface area contributed by atoms with Gasteiger partial charge in [-0.3, -0.25) is 9.59 Å². The highest BCUT2D eigenvalue weighted by atomic mass is 16.5. The van der Waals surface area contributed by atoms with Gasteiger partial charge < -0.3 is 20.1 Å². The number of ketones is 1. The maximum Gasteiger partial charge on any atom is 0.255 e. The van der Waals surface area contributed by atoms with Crippen molar-refractivity contribution in [2.45, 2.75) is 39.5 Å². The molecule has 0 radical (unpaired) electrons. The number of nitrogens with one attached hydrogen (secondary N) is 2. The van der Waals surface area contributed by atoms with Gasteiger partial charge in [0.25, 0.3) is 5.91 Å². The molecule has 1 amide bonds. The third-order valence-corrected chi connectivity index (χ3v) is 6.26. The summed E-state index contributed by atoms with van der Waals surface area (Å²) in [5.74, 6) is 3.24. The highest BCUT2D eigenvalue weighted by Crippen LogP contribution is 2.45. The van der Waals surface area contributed by atoms with Gasteiger partial charge in [-0.15, -0.1) is 6.42 Å². The molecule has 7 heteroatoms. The molecular formula is C28H29N3O4. The Kier molecular flexibility index (Phi) is 6.92. The standard InChI is InChI=1S/C28H29N3O4/c1-6-11-35-22-9-8-19(14-23(22)34-5)26-25(28(33)31-24-10-7-16(2)15-29-24)18(4)30-20-12-17(3)13-21(32)27(20)26/h1,7-10,14-15,17,26,30H,11-13H2,2-5H3,(H,29,31,33)/t17-,26-/m0/s1. The molecule has 2 aliphatic rings. The van der Waals surface area contributed by atoms with Gasteiger partial charge in [-0.05, 0) is 55.5 Å². The van der Waals surface area contributed by atoms with Crippen LogP contribution in [0, 0.1) is 25.2 Å². The van der Waals surface area contributed by atoms with Crippen molar-refractivity contribution in [1.82, 2.24) is 10.3 Å². The van der Waals surface area contributed by atoms with Crippen LogP contribution >= 0.6 is 0 Å². The fraction of sp³-hybridized carbons (Fsp3) is 0.321. The zero-order valence-electron chi connectivity index (χ0n) is 20.4. The van der Waals surface area contributed by atoms with Gasteiger partial charge in [-0.1, -0.05) is 25.0 Å². The minimum absolute atomic E-state index is 0.0362. The van der Waals surface area contributed by atoms with Gasteiger partial charge >= 0.3 is 0 Å². The fourth-order valence-corrected chi connectivity index (χ4v) is 4.70. The number of Topliss-reactive ketones (excluding diaryl/α,β-unsaturated/α-hetero) is 1. The van der Waals surface area contributed by atoms with E-state index in [0.717, 1.165) is 23.2 Å². The Labute approximate surface area is 205 Å². The molecule has 1 aromatic heterocycles. The summed E-state index contributed by atoms with van der Waals surface area (Å²) in [7, 11) is 1.54. The lowest BCUT2D eigenvalue weighted by atomic mass is 9.73. The first kappa shape index (κ1) is 24.1. The van der Waals surface area contributed by atoms with Crippen LogP contribution in [-0.4, -0.2) is 30.4 Å². The number of amides is 1. The van der Waals surface area contributed by atoms with Gasteiger partial charge in [-0.25, -0.2) is 4.98 Å². The number of hydrogen-bond acceptors (Lipinski definition) is 6. The molecule has 7 nitrogen and oxygen atoms in total. The van der Waals surface area contributed by atoms with Crippen LogP contribution in [0.5, 0.6) is 11.5 Å². The number of aromatic nitrogens is 1. The van der Waals surface area contributed by atoms with Crippen molar-refractivity contribution < 1.29 is 19.1 Å². The molecule has 0 spiro atoms. The van der Waals surface area contributed by atoms with Crippen LogP contribution in [0.3, 0.4) is 0 Å². The SMILES string of the molecule is C#CCOc1ccc([C@H]2C(C(=O)Nc3ccc(C)cn3)=C(C)NC3=C2C(=O)C[C@@H](C)C3)cc1OC. The number of hydrogen-bond donors (Lipinski definition) is 2. The minimum atomic E-state index is -0.563. The van der Waals surface area contributed by atoms with E-state index in [1.165, 1.54) is 0 Å². The second-order valence-electron chi connectivity index (χ2n) is 9.00. The van der Waals surface area contributed by atoms with Crippen molar-refractivity contribution in [2.24, 2.45) is 5.92 Å². The van der Waals surface area contributed by atoms with Crippen LogP contribution in [0.4, 0.5) is 5.82 Å². The molecule has 2 N–H and O–H groups in total. The van der Waals surface area contributed by atoms with E-state index in [2.05, 4.69) is 28.5 Å². The van der Waals surface area contributed by atoms with Gasteiger partial charge in [0, 0.05) is 41.1 Å². The van der Waals surface area contributed by atoms with E-state index in [1.807, 2.05) is 32.0 Å². The number of allylic oxidation sites excluding steroid dienone is 3. The number of terminal acetylenes is 1. The average molecular weight is 472 g/mol.